The summed E-state index contributed by atoms with van der Waals surface area (Å²) in [6.45, 7) is 3.36. The molecule has 2 amide bonds. The number of amides is 2. The summed E-state index contributed by atoms with van der Waals surface area (Å²) >= 11 is 0. The van der Waals surface area contributed by atoms with Crippen LogP contribution in [-0.4, -0.2) is 53.6 Å². The smallest absolute Gasteiger partial charge is 0.317 e. The van der Waals surface area contributed by atoms with Gasteiger partial charge in [-0.1, -0.05) is 24.3 Å². The highest BCUT2D eigenvalue weighted by atomic mass is 19.1. The summed E-state index contributed by atoms with van der Waals surface area (Å²) in [5.74, 6) is 0.718. The zero-order chi connectivity index (χ0) is 18.6. The molecule has 27 heavy (non-hydrogen) atoms. The Morgan fingerprint density at radius 2 is 1.89 bits per heavy atom. The summed E-state index contributed by atoms with van der Waals surface area (Å²) in [5, 5.41) is 2.95. The van der Waals surface area contributed by atoms with Crippen LogP contribution < -0.4 is 10.2 Å². The number of fused-ring (bicyclic) bond motifs is 1. The Morgan fingerprint density at radius 1 is 1.11 bits per heavy atom. The van der Waals surface area contributed by atoms with Crippen LogP contribution in [0.4, 0.5) is 15.0 Å². The van der Waals surface area contributed by atoms with Crippen molar-refractivity contribution >= 4 is 17.9 Å². The van der Waals surface area contributed by atoms with Gasteiger partial charge in [0.05, 0.1) is 5.69 Å². The predicted molar refractivity (Wildman–Crippen MR) is 102 cm³/mol. The maximum absolute atomic E-state index is 12.9. The van der Waals surface area contributed by atoms with Crippen molar-refractivity contribution in [3.8, 4) is 0 Å². The number of rotatable bonds is 4. The van der Waals surface area contributed by atoms with Crippen molar-refractivity contribution in [2.75, 3.05) is 37.6 Å². The number of halogens is 1. The summed E-state index contributed by atoms with van der Waals surface area (Å²) in [7, 11) is 0. The molecule has 1 saturated heterocycles. The predicted octanol–water partition coefficient (Wildman–Crippen LogP) is 2.26. The third-order valence-electron chi connectivity index (χ3n) is 5.01. The van der Waals surface area contributed by atoms with Gasteiger partial charge >= 0.3 is 6.03 Å². The Balaban J connectivity index is 1.26. The summed E-state index contributed by atoms with van der Waals surface area (Å²) < 4.78 is 12.9. The Morgan fingerprint density at radius 3 is 2.67 bits per heavy atom. The number of aromatic nitrogens is 2. The summed E-state index contributed by atoms with van der Waals surface area (Å²) in [6, 6.07) is 6.32. The summed E-state index contributed by atoms with van der Waals surface area (Å²) in [5.41, 5.74) is 3.18. The quantitative estimate of drug-likeness (QED) is 0.901. The Hall–Kier alpha value is -2.96. The van der Waals surface area contributed by atoms with Gasteiger partial charge in [-0.05, 0) is 24.1 Å². The van der Waals surface area contributed by atoms with Crippen LogP contribution in [0.5, 0.6) is 0 Å². The topological polar surface area (TPSA) is 61.4 Å². The second-order valence-electron chi connectivity index (χ2n) is 6.75. The number of nitrogens with zero attached hydrogens (tertiary/aromatic N) is 4. The van der Waals surface area contributed by atoms with Gasteiger partial charge in [0, 0.05) is 44.7 Å². The maximum Gasteiger partial charge on any atom is 0.317 e. The molecule has 7 heteroatoms. The molecule has 1 aromatic carbocycles. The number of piperazine rings is 1. The van der Waals surface area contributed by atoms with Crippen LogP contribution in [-0.2, 0) is 12.8 Å². The number of carbonyl (C=O) groups is 1. The molecular formula is C20H22FN5O. The minimum Gasteiger partial charge on any atom is -0.352 e. The normalized spacial score (nSPS) is 15.7. The monoisotopic (exact) mass is 367 g/mol. The minimum absolute atomic E-state index is 0.0513. The molecule has 6 nitrogen and oxygen atoms in total. The first-order valence-corrected chi connectivity index (χ1v) is 9.23. The molecule has 0 unspecified atom stereocenters. The Labute approximate surface area is 157 Å². The van der Waals surface area contributed by atoms with E-state index in [0.29, 0.717) is 26.1 Å². The number of carbonyl (C=O) groups excluding carboxylic acids is 1. The van der Waals surface area contributed by atoms with Crippen molar-refractivity contribution in [1.82, 2.24) is 20.2 Å². The highest BCUT2D eigenvalue weighted by molar-refractivity contribution is 5.75. The molecule has 0 spiro atoms. The van der Waals surface area contributed by atoms with Crippen molar-refractivity contribution in [1.29, 1.82) is 0 Å². The molecule has 2 heterocycles. The van der Waals surface area contributed by atoms with E-state index in [1.165, 1.54) is 12.1 Å². The molecule has 1 N–H and O–H groups in total. The average molecular weight is 367 g/mol. The fraction of sp³-hybridized carbons (Fsp3) is 0.350. The lowest BCUT2D eigenvalue weighted by Gasteiger charge is -2.36. The van der Waals surface area contributed by atoms with Gasteiger partial charge in [-0.3, -0.25) is 0 Å². The van der Waals surface area contributed by atoms with Gasteiger partial charge in [-0.2, -0.15) is 0 Å². The van der Waals surface area contributed by atoms with Crippen LogP contribution in [0.2, 0.25) is 0 Å². The molecule has 0 radical (unpaired) electrons. The third-order valence-corrected chi connectivity index (χ3v) is 5.01. The van der Waals surface area contributed by atoms with E-state index in [2.05, 4.69) is 32.3 Å². The van der Waals surface area contributed by atoms with Crippen molar-refractivity contribution < 1.29 is 9.18 Å². The highest BCUT2D eigenvalue weighted by Gasteiger charge is 2.24. The molecule has 1 fully saturated rings. The lowest BCUT2D eigenvalue weighted by atomic mass is 10.1. The van der Waals surface area contributed by atoms with Gasteiger partial charge in [0.1, 0.15) is 18.0 Å². The fourth-order valence-corrected chi connectivity index (χ4v) is 3.49. The second-order valence-corrected chi connectivity index (χ2v) is 6.75. The minimum atomic E-state index is -0.245. The summed E-state index contributed by atoms with van der Waals surface area (Å²) in [6.07, 6.45) is 7.36. The van der Waals surface area contributed by atoms with E-state index in [4.69, 9.17) is 0 Å². The van der Waals surface area contributed by atoms with E-state index >= 15 is 0 Å². The summed E-state index contributed by atoms with van der Waals surface area (Å²) in [4.78, 5) is 25.2. The first-order chi connectivity index (χ1) is 13.2. The Kier molecular flexibility index (Phi) is 5.00. The largest absolute Gasteiger partial charge is 0.352 e. The maximum atomic E-state index is 12.9. The molecule has 0 saturated carbocycles. The van der Waals surface area contributed by atoms with Gasteiger partial charge < -0.3 is 15.1 Å². The number of hydrogen-bond donors (Lipinski definition) is 1. The van der Waals surface area contributed by atoms with Crippen LogP contribution >= 0.6 is 0 Å². The van der Waals surface area contributed by atoms with Crippen LogP contribution in [0.25, 0.3) is 6.08 Å². The molecule has 2 aliphatic rings. The Bertz CT molecular complexity index is 844. The number of benzene rings is 1. The zero-order valence-corrected chi connectivity index (χ0v) is 15.1. The third kappa shape index (κ3) is 3.92. The average Bonchev–Trinajstić information content (AvgIpc) is 3.18. The molecule has 140 valence electrons. The van der Waals surface area contributed by atoms with Crippen LogP contribution in [0, 0.1) is 5.82 Å². The fourth-order valence-electron chi connectivity index (χ4n) is 3.49. The molecule has 0 bridgehead atoms. The molecule has 2 aromatic rings. The van der Waals surface area contributed by atoms with E-state index in [-0.39, 0.29) is 11.8 Å². The first-order valence-electron chi connectivity index (χ1n) is 9.23. The zero-order valence-electron chi connectivity index (χ0n) is 15.1. The van der Waals surface area contributed by atoms with Gasteiger partial charge in [0.2, 0.25) is 0 Å². The van der Waals surface area contributed by atoms with Crippen molar-refractivity contribution in [3.05, 3.63) is 59.3 Å². The number of hydrogen-bond acceptors (Lipinski definition) is 4. The molecular weight excluding hydrogens is 345 g/mol. The second kappa shape index (κ2) is 7.73. The van der Waals surface area contributed by atoms with Gasteiger partial charge in [0.25, 0.3) is 0 Å². The van der Waals surface area contributed by atoms with Crippen molar-refractivity contribution in [2.24, 2.45) is 0 Å². The number of allylic oxidation sites excluding steroid dienone is 1. The van der Waals surface area contributed by atoms with Gasteiger partial charge in [-0.25, -0.2) is 19.2 Å². The number of nitrogens with one attached hydrogen (secondary N) is 1. The number of anilines is 1. The van der Waals surface area contributed by atoms with Crippen LogP contribution in [0.15, 0.2) is 36.7 Å². The molecule has 1 aromatic heterocycles. The molecule has 4 rings (SSSR count). The van der Waals surface area contributed by atoms with E-state index < -0.39 is 0 Å². The lowest BCUT2D eigenvalue weighted by molar-refractivity contribution is 0.194. The van der Waals surface area contributed by atoms with Crippen LogP contribution in [0.3, 0.4) is 0 Å². The highest BCUT2D eigenvalue weighted by Crippen LogP contribution is 2.26. The molecule has 1 aliphatic heterocycles. The standard InChI is InChI=1S/C20H22FN5O/c21-16-6-4-15(5-7-16)8-9-22-20(27)26-12-10-25(11-13-26)19-17-2-1-3-18(17)23-14-24-19/h1-2,4-7,14H,3,8-13H2,(H,22,27). The molecule has 1 aliphatic carbocycles. The van der Waals surface area contributed by atoms with Crippen molar-refractivity contribution in [3.63, 3.8) is 0 Å². The number of urea groups is 1. The van der Waals surface area contributed by atoms with Crippen molar-refractivity contribution in [2.45, 2.75) is 12.8 Å². The first kappa shape index (κ1) is 17.5. The van der Waals surface area contributed by atoms with Gasteiger partial charge in [-0.15, -0.1) is 0 Å². The van der Waals surface area contributed by atoms with E-state index in [1.807, 2.05) is 4.90 Å². The van der Waals surface area contributed by atoms with Gasteiger partial charge in [0.15, 0.2) is 0 Å². The SMILES string of the molecule is O=C(NCCc1ccc(F)cc1)N1CCN(c2ncnc3c2C=CC3)CC1. The molecule has 0 atom stereocenters. The van der Waals surface area contributed by atoms with E-state index in [1.54, 1.807) is 18.5 Å². The van der Waals surface area contributed by atoms with Crippen LogP contribution in [0.1, 0.15) is 16.8 Å². The lowest BCUT2D eigenvalue weighted by Crippen LogP contribution is -2.52. The van der Waals surface area contributed by atoms with E-state index in [9.17, 15) is 9.18 Å². The van der Waals surface area contributed by atoms with E-state index in [0.717, 1.165) is 42.1 Å².